The van der Waals surface area contributed by atoms with Gasteiger partial charge in [0.2, 0.25) is 0 Å². The van der Waals surface area contributed by atoms with Crippen molar-refractivity contribution in [1.29, 1.82) is 0 Å². The molecule has 1 N–H and O–H groups in total. The number of nitrogens with one attached hydrogen (secondary N) is 1. The molecule has 0 amide bonds. The molecule has 0 unspecified atom stereocenters. The van der Waals surface area contributed by atoms with E-state index in [2.05, 4.69) is 19.2 Å². The molecular weight excluding hydrogens is 238 g/mol. The van der Waals surface area contributed by atoms with Crippen molar-refractivity contribution in [1.82, 2.24) is 5.32 Å². The standard InChI is InChI=1S/C16H29NO2/c1-4-19-15(18)16(10-13(11-16)12(2)3)17-14-8-6-5-7-9-14/h12-14,17H,4-11H2,1-3H3. The minimum absolute atomic E-state index is 0.0162. The molecule has 2 aliphatic rings. The lowest BCUT2D eigenvalue weighted by atomic mass is 9.63. The van der Waals surface area contributed by atoms with Gasteiger partial charge in [0.05, 0.1) is 6.61 Å². The minimum atomic E-state index is -0.368. The van der Waals surface area contributed by atoms with Gasteiger partial charge in [-0.15, -0.1) is 0 Å². The summed E-state index contributed by atoms with van der Waals surface area (Å²) < 4.78 is 5.32. The summed E-state index contributed by atoms with van der Waals surface area (Å²) in [4.78, 5) is 12.3. The number of hydrogen-bond acceptors (Lipinski definition) is 3. The highest BCUT2D eigenvalue weighted by Gasteiger charge is 2.52. The summed E-state index contributed by atoms with van der Waals surface area (Å²) in [5, 5.41) is 3.66. The first kappa shape index (κ1) is 14.8. The summed E-state index contributed by atoms with van der Waals surface area (Å²) in [6.07, 6.45) is 8.29. The second-order valence-corrected chi connectivity index (χ2v) is 6.69. The van der Waals surface area contributed by atoms with E-state index in [1.165, 1.54) is 32.1 Å². The average Bonchev–Trinajstić information content (AvgIpc) is 2.34. The van der Waals surface area contributed by atoms with Crippen molar-refractivity contribution in [3.05, 3.63) is 0 Å². The van der Waals surface area contributed by atoms with Crippen LogP contribution in [-0.4, -0.2) is 24.2 Å². The van der Waals surface area contributed by atoms with Crippen LogP contribution in [0.25, 0.3) is 0 Å². The molecule has 0 aromatic rings. The molecule has 0 atom stereocenters. The highest BCUT2D eigenvalue weighted by molar-refractivity contribution is 5.82. The zero-order valence-electron chi connectivity index (χ0n) is 12.7. The Morgan fingerprint density at radius 3 is 2.42 bits per heavy atom. The van der Waals surface area contributed by atoms with Crippen LogP contribution in [-0.2, 0) is 9.53 Å². The third-order valence-electron chi connectivity index (χ3n) is 4.92. The Morgan fingerprint density at radius 2 is 1.89 bits per heavy atom. The van der Waals surface area contributed by atoms with E-state index in [4.69, 9.17) is 4.74 Å². The fourth-order valence-electron chi connectivity index (χ4n) is 3.56. The molecule has 3 nitrogen and oxygen atoms in total. The van der Waals surface area contributed by atoms with Crippen molar-refractivity contribution < 1.29 is 9.53 Å². The van der Waals surface area contributed by atoms with Crippen LogP contribution in [0.3, 0.4) is 0 Å². The number of carbonyl (C=O) groups is 1. The van der Waals surface area contributed by atoms with Gasteiger partial charge in [-0.25, -0.2) is 0 Å². The van der Waals surface area contributed by atoms with Crippen molar-refractivity contribution in [3.8, 4) is 0 Å². The normalized spacial score (nSPS) is 32.1. The summed E-state index contributed by atoms with van der Waals surface area (Å²) in [7, 11) is 0. The van der Waals surface area contributed by atoms with E-state index in [1.54, 1.807) is 0 Å². The van der Waals surface area contributed by atoms with Gasteiger partial charge in [0.15, 0.2) is 0 Å². The molecule has 2 fully saturated rings. The van der Waals surface area contributed by atoms with Gasteiger partial charge in [-0.1, -0.05) is 33.1 Å². The first-order valence-corrected chi connectivity index (χ1v) is 8.02. The Hall–Kier alpha value is -0.570. The molecule has 0 radical (unpaired) electrons. The van der Waals surface area contributed by atoms with Crippen molar-refractivity contribution in [2.75, 3.05) is 6.61 Å². The lowest BCUT2D eigenvalue weighted by molar-refractivity contribution is -0.159. The maximum absolute atomic E-state index is 12.3. The molecule has 2 aliphatic carbocycles. The maximum atomic E-state index is 12.3. The second-order valence-electron chi connectivity index (χ2n) is 6.69. The number of rotatable bonds is 5. The van der Waals surface area contributed by atoms with Crippen molar-refractivity contribution >= 4 is 5.97 Å². The van der Waals surface area contributed by atoms with Gasteiger partial charge in [-0.05, 0) is 44.4 Å². The van der Waals surface area contributed by atoms with Crippen LogP contribution in [0.4, 0.5) is 0 Å². The van der Waals surface area contributed by atoms with Crippen LogP contribution >= 0.6 is 0 Å². The van der Waals surface area contributed by atoms with E-state index in [1.807, 2.05) is 6.92 Å². The Bertz CT molecular complexity index is 302. The molecular formula is C16H29NO2. The number of esters is 1. The molecule has 0 spiro atoms. The summed E-state index contributed by atoms with van der Waals surface area (Å²) in [5.41, 5.74) is -0.368. The quantitative estimate of drug-likeness (QED) is 0.777. The zero-order chi connectivity index (χ0) is 13.9. The van der Waals surface area contributed by atoms with Crippen molar-refractivity contribution in [3.63, 3.8) is 0 Å². The Labute approximate surface area is 117 Å². The molecule has 0 aromatic heterocycles. The fraction of sp³-hybridized carbons (Fsp3) is 0.938. The van der Waals surface area contributed by atoms with Gasteiger partial charge in [-0.2, -0.15) is 0 Å². The van der Waals surface area contributed by atoms with Gasteiger partial charge in [-0.3, -0.25) is 10.1 Å². The van der Waals surface area contributed by atoms with E-state index in [9.17, 15) is 4.79 Å². The lowest BCUT2D eigenvalue weighted by Crippen LogP contribution is -2.64. The minimum Gasteiger partial charge on any atom is -0.465 e. The van der Waals surface area contributed by atoms with E-state index in [-0.39, 0.29) is 11.5 Å². The van der Waals surface area contributed by atoms with Crippen molar-refractivity contribution in [2.24, 2.45) is 11.8 Å². The molecule has 19 heavy (non-hydrogen) atoms. The number of ether oxygens (including phenoxy) is 1. The van der Waals surface area contributed by atoms with Crippen LogP contribution in [0.1, 0.15) is 65.7 Å². The lowest BCUT2D eigenvalue weighted by Gasteiger charge is -2.49. The molecule has 0 aliphatic heterocycles. The van der Waals surface area contributed by atoms with Gasteiger partial charge < -0.3 is 4.74 Å². The SMILES string of the molecule is CCOC(=O)C1(NC2CCCCC2)CC(C(C)C)C1. The highest BCUT2D eigenvalue weighted by atomic mass is 16.5. The highest BCUT2D eigenvalue weighted by Crippen LogP contribution is 2.44. The predicted molar refractivity (Wildman–Crippen MR) is 76.9 cm³/mol. The monoisotopic (exact) mass is 267 g/mol. The van der Waals surface area contributed by atoms with Gasteiger partial charge in [0, 0.05) is 6.04 Å². The summed E-state index contributed by atoms with van der Waals surface area (Å²) in [5.74, 6) is 1.31. The van der Waals surface area contributed by atoms with E-state index in [0.29, 0.717) is 24.5 Å². The summed E-state index contributed by atoms with van der Waals surface area (Å²) >= 11 is 0. The molecule has 2 rings (SSSR count). The summed E-state index contributed by atoms with van der Waals surface area (Å²) in [6, 6.07) is 0.520. The zero-order valence-corrected chi connectivity index (χ0v) is 12.7. The van der Waals surface area contributed by atoms with E-state index >= 15 is 0 Å². The smallest absolute Gasteiger partial charge is 0.326 e. The molecule has 0 heterocycles. The van der Waals surface area contributed by atoms with Crippen LogP contribution in [0.15, 0.2) is 0 Å². The number of hydrogen-bond donors (Lipinski definition) is 1. The van der Waals surface area contributed by atoms with Gasteiger partial charge in [0.1, 0.15) is 5.54 Å². The Balaban J connectivity index is 1.97. The molecule has 0 aromatic carbocycles. The maximum Gasteiger partial charge on any atom is 0.326 e. The topological polar surface area (TPSA) is 38.3 Å². The predicted octanol–water partition coefficient (Wildman–Crippen LogP) is 3.28. The van der Waals surface area contributed by atoms with Crippen LogP contribution in [0, 0.1) is 11.8 Å². The van der Waals surface area contributed by atoms with Crippen LogP contribution < -0.4 is 5.32 Å². The average molecular weight is 267 g/mol. The third-order valence-corrected chi connectivity index (χ3v) is 4.92. The molecule has 110 valence electrons. The molecule has 0 bridgehead atoms. The third kappa shape index (κ3) is 3.31. The van der Waals surface area contributed by atoms with Crippen molar-refractivity contribution in [2.45, 2.75) is 77.3 Å². The first-order chi connectivity index (χ1) is 9.07. The van der Waals surface area contributed by atoms with Gasteiger partial charge >= 0.3 is 5.97 Å². The van der Waals surface area contributed by atoms with E-state index < -0.39 is 0 Å². The number of carbonyl (C=O) groups excluding carboxylic acids is 1. The summed E-state index contributed by atoms with van der Waals surface area (Å²) in [6.45, 7) is 6.88. The fourth-order valence-corrected chi connectivity index (χ4v) is 3.56. The largest absolute Gasteiger partial charge is 0.465 e. The second kappa shape index (κ2) is 6.25. The Morgan fingerprint density at radius 1 is 1.26 bits per heavy atom. The first-order valence-electron chi connectivity index (χ1n) is 8.02. The van der Waals surface area contributed by atoms with E-state index in [0.717, 1.165) is 12.8 Å². The Kier molecular flexibility index (Phi) is 4.88. The molecule has 0 saturated heterocycles. The van der Waals surface area contributed by atoms with Crippen LogP contribution in [0.2, 0.25) is 0 Å². The van der Waals surface area contributed by atoms with Crippen LogP contribution in [0.5, 0.6) is 0 Å². The molecule has 3 heteroatoms. The van der Waals surface area contributed by atoms with Gasteiger partial charge in [0.25, 0.3) is 0 Å². The molecule has 2 saturated carbocycles.